The van der Waals surface area contributed by atoms with Gasteiger partial charge < -0.3 is 19.9 Å². The van der Waals surface area contributed by atoms with Crippen molar-refractivity contribution >= 4 is 11.9 Å². The summed E-state index contributed by atoms with van der Waals surface area (Å²) in [4.78, 5) is 22.4. The highest BCUT2D eigenvalue weighted by atomic mass is 16.6. The topological polar surface area (TPSA) is 84.9 Å². The van der Waals surface area contributed by atoms with Gasteiger partial charge in [-0.3, -0.25) is 4.79 Å². The van der Waals surface area contributed by atoms with Crippen molar-refractivity contribution in [3.05, 3.63) is 35.4 Å². The van der Waals surface area contributed by atoms with Crippen molar-refractivity contribution < 1.29 is 24.2 Å². The first-order valence-corrected chi connectivity index (χ1v) is 6.46. The molecule has 0 aliphatic carbocycles. The standard InChI is InChI=1S/C14H17NO5/c16-13(12-9-19-7-8-20-12)15-6-5-10-1-3-11(4-2-10)14(17)18/h1-4,12H,5-9H2,(H,15,16)(H,17,18)/t12-/m0/s1. The number of carboxylic acids is 1. The summed E-state index contributed by atoms with van der Waals surface area (Å²) in [5.74, 6) is -1.12. The first-order valence-electron chi connectivity index (χ1n) is 6.46. The summed E-state index contributed by atoms with van der Waals surface area (Å²) in [7, 11) is 0. The molecule has 1 fully saturated rings. The van der Waals surface area contributed by atoms with Gasteiger partial charge in [-0.1, -0.05) is 12.1 Å². The average molecular weight is 279 g/mol. The Morgan fingerprint density at radius 1 is 1.25 bits per heavy atom. The highest BCUT2D eigenvalue weighted by Gasteiger charge is 2.21. The zero-order valence-electron chi connectivity index (χ0n) is 11.0. The molecule has 108 valence electrons. The molecule has 0 spiro atoms. The Bertz CT molecular complexity index is 465. The summed E-state index contributed by atoms with van der Waals surface area (Å²) in [6, 6.07) is 6.60. The van der Waals surface area contributed by atoms with Gasteiger partial charge in [0.2, 0.25) is 0 Å². The predicted octanol–water partition coefficient (Wildman–Crippen LogP) is 0.459. The second kappa shape index (κ2) is 7.02. The first-order chi connectivity index (χ1) is 9.66. The van der Waals surface area contributed by atoms with Crippen molar-refractivity contribution in [3.8, 4) is 0 Å². The quantitative estimate of drug-likeness (QED) is 0.818. The smallest absolute Gasteiger partial charge is 0.335 e. The van der Waals surface area contributed by atoms with Crippen LogP contribution in [0.25, 0.3) is 0 Å². The lowest BCUT2D eigenvalue weighted by Gasteiger charge is -2.22. The van der Waals surface area contributed by atoms with Crippen molar-refractivity contribution in [2.75, 3.05) is 26.4 Å². The molecular weight excluding hydrogens is 262 g/mol. The summed E-state index contributed by atoms with van der Waals surface area (Å²) in [6.07, 6.45) is 0.109. The number of hydrogen-bond acceptors (Lipinski definition) is 4. The van der Waals surface area contributed by atoms with Crippen LogP contribution in [0.2, 0.25) is 0 Å². The normalized spacial score (nSPS) is 18.5. The Kier molecular flexibility index (Phi) is 5.09. The summed E-state index contributed by atoms with van der Waals surface area (Å²) in [5, 5.41) is 11.6. The summed E-state index contributed by atoms with van der Waals surface area (Å²) >= 11 is 0. The minimum atomic E-state index is -0.945. The third kappa shape index (κ3) is 4.04. The molecule has 1 heterocycles. The van der Waals surface area contributed by atoms with Gasteiger partial charge in [-0.25, -0.2) is 4.79 Å². The first kappa shape index (κ1) is 14.5. The number of amides is 1. The lowest BCUT2D eigenvalue weighted by atomic mass is 10.1. The van der Waals surface area contributed by atoms with Crippen LogP contribution in [0.4, 0.5) is 0 Å². The van der Waals surface area contributed by atoms with Crippen molar-refractivity contribution in [2.24, 2.45) is 0 Å². The van der Waals surface area contributed by atoms with Crippen LogP contribution in [0.3, 0.4) is 0 Å². The fraction of sp³-hybridized carbons (Fsp3) is 0.429. The zero-order valence-corrected chi connectivity index (χ0v) is 11.0. The van der Waals surface area contributed by atoms with Gasteiger partial charge in [0.05, 0.1) is 25.4 Å². The molecule has 2 rings (SSSR count). The molecule has 1 atom stereocenters. The molecule has 1 aliphatic heterocycles. The van der Waals surface area contributed by atoms with E-state index in [9.17, 15) is 9.59 Å². The molecule has 0 bridgehead atoms. The van der Waals surface area contributed by atoms with Crippen LogP contribution >= 0.6 is 0 Å². The maximum absolute atomic E-state index is 11.7. The van der Waals surface area contributed by atoms with E-state index in [-0.39, 0.29) is 11.5 Å². The van der Waals surface area contributed by atoms with Crippen LogP contribution in [0.5, 0.6) is 0 Å². The SMILES string of the molecule is O=C(O)c1ccc(CCNC(=O)[C@@H]2COCCO2)cc1. The van der Waals surface area contributed by atoms with Crippen molar-refractivity contribution in [3.63, 3.8) is 0 Å². The van der Waals surface area contributed by atoms with E-state index in [0.29, 0.717) is 32.8 Å². The minimum Gasteiger partial charge on any atom is -0.478 e. The Labute approximate surface area is 116 Å². The van der Waals surface area contributed by atoms with E-state index in [4.69, 9.17) is 14.6 Å². The van der Waals surface area contributed by atoms with E-state index in [0.717, 1.165) is 5.56 Å². The fourth-order valence-corrected chi connectivity index (χ4v) is 1.90. The molecule has 1 amide bonds. The second-order valence-corrected chi connectivity index (χ2v) is 4.48. The third-order valence-corrected chi connectivity index (χ3v) is 3.02. The zero-order chi connectivity index (χ0) is 14.4. The van der Waals surface area contributed by atoms with E-state index in [1.165, 1.54) is 0 Å². The summed E-state index contributed by atoms with van der Waals surface area (Å²) in [6.45, 7) is 1.73. The van der Waals surface area contributed by atoms with E-state index >= 15 is 0 Å². The molecule has 6 heteroatoms. The number of aromatic carboxylic acids is 1. The number of carbonyl (C=O) groups excluding carboxylic acids is 1. The number of ether oxygens (including phenoxy) is 2. The van der Waals surface area contributed by atoms with Gasteiger partial charge in [-0.2, -0.15) is 0 Å². The molecule has 0 saturated carbocycles. The Balaban J connectivity index is 1.74. The molecule has 6 nitrogen and oxygen atoms in total. The van der Waals surface area contributed by atoms with Crippen molar-refractivity contribution in [1.29, 1.82) is 0 Å². The highest BCUT2D eigenvalue weighted by Crippen LogP contribution is 2.05. The van der Waals surface area contributed by atoms with Gasteiger partial charge in [-0.15, -0.1) is 0 Å². The van der Waals surface area contributed by atoms with Crippen LogP contribution in [0.15, 0.2) is 24.3 Å². The molecule has 1 saturated heterocycles. The lowest BCUT2D eigenvalue weighted by molar-refractivity contribution is -0.147. The van der Waals surface area contributed by atoms with Gasteiger partial charge in [0, 0.05) is 6.54 Å². The second-order valence-electron chi connectivity index (χ2n) is 4.48. The largest absolute Gasteiger partial charge is 0.478 e. The summed E-state index contributed by atoms with van der Waals surface area (Å²) in [5.41, 5.74) is 1.22. The minimum absolute atomic E-state index is 0.174. The predicted molar refractivity (Wildman–Crippen MR) is 70.7 cm³/mol. The maximum Gasteiger partial charge on any atom is 0.335 e. The Hall–Kier alpha value is -1.92. The molecule has 1 aliphatic rings. The highest BCUT2D eigenvalue weighted by molar-refractivity contribution is 5.87. The Morgan fingerprint density at radius 3 is 2.60 bits per heavy atom. The number of rotatable bonds is 5. The van der Waals surface area contributed by atoms with E-state index in [1.54, 1.807) is 24.3 Å². The van der Waals surface area contributed by atoms with Crippen molar-refractivity contribution in [2.45, 2.75) is 12.5 Å². The number of hydrogen-bond donors (Lipinski definition) is 2. The number of nitrogens with one attached hydrogen (secondary N) is 1. The molecular formula is C14H17NO5. The number of carbonyl (C=O) groups is 2. The van der Waals surface area contributed by atoms with Crippen LogP contribution < -0.4 is 5.32 Å². The molecule has 20 heavy (non-hydrogen) atoms. The monoisotopic (exact) mass is 279 g/mol. The van der Waals surface area contributed by atoms with Gasteiger partial charge in [0.25, 0.3) is 5.91 Å². The molecule has 2 N–H and O–H groups in total. The van der Waals surface area contributed by atoms with E-state index in [1.807, 2.05) is 0 Å². The molecule has 0 unspecified atom stereocenters. The van der Waals surface area contributed by atoms with Crippen LogP contribution in [0.1, 0.15) is 15.9 Å². The van der Waals surface area contributed by atoms with E-state index < -0.39 is 12.1 Å². The van der Waals surface area contributed by atoms with Gasteiger partial charge in [0.15, 0.2) is 6.10 Å². The average Bonchev–Trinajstić information content (AvgIpc) is 2.48. The molecule has 1 aromatic rings. The van der Waals surface area contributed by atoms with Gasteiger partial charge >= 0.3 is 5.97 Å². The number of carboxylic acid groups (broad SMARTS) is 1. The van der Waals surface area contributed by atoms with Gasteiger partial charge in [-0.05, 0) is 24.1 Å². The molecule has 1 aromatic carbocycles. The molecule has 0 radical (unpaired) electrons. The van der Waals surface area contributed by atoms with Gasteiger partial charge in [0.1, 0.15) is 0 Å². The molecule has 0 aromatic heterocycles. The van der Waals surface area contributed by atoms with Crippen molar-refractivity contribution in [1.82, 2.24) is 5.32 Å². The lowest BCUT2D eigenvalue weighted by Crippen LogP contribution is -2.43. The fourth-order valence-electron chi connectivity index (χ4n) is 1.90. The van der Waals surface area contributed by atoms with Crippen LogP contribution in [0, 0.1) is 0 Å². The van der Waals surface area contributed by atoms with Crippen LogP contribution in [-0.4, -0.2) is 49.5 Å². The summed E-state index contributed by atoms with van der Waals surface area (Å²) < 4.78 is 10.4. The Morgan fingerprint density at radius 2 is 2.00 bits per heavy atom. The van der Waals surface area contributed by atoms with Crippen LogP contribution in [-0.2, 0) is 20.7 Å². The number of benzene rings is 1. The van der Waals surface area contributed by atoms with E-state index in [2.05, 4.69) is 5.32 Å². The third-order valence-electron chi connectivity index (χ3n) is 3.02. The maximum atomic E-state index is 11.7.